The van der Waals surface area contributed by atoms with Crippen LogP contribution in [0.2, 0.25) is 0 Å². The van der Waals surface area contributed by atoms with E-state index in [1.54, 1.807) is 0 Å². The molecule has 0 radical (unpaired) electrons. The number of rotatable bonds is 17. The second-order valence-electron chi connectivity index (χ2n) is 8.93. The minimum absolute atomic E-state index is 0.130. The van der Waals surface area contributed by atoms with Gasteiger partial charge >= 0.3 is 0 Å². The minimum Gasteiger partial charge on any atom is -0.390 e. The Hall–Kier alpha value is -1.00. The molecule has 33 heavy (non-hydrogen) atoms. The summed E-state index contributed by atoms with van der Waals surface area (Å²) in [5.41, 5.74) is 0.973. The highest BCUT2D eigenvalue weighted by Gasteiger charge is 2.25. The molecule has 0 heterocycles. The smallest absolute Gasteiger partial charge is 0.221 e. The van der Waals surface area contributed by atoms with Gasteiger partial charge in [-0.15, -0.1) is 0 Å². The van der Waals surface area contributed by atoms with Crippen molar-refractivity contribution in [2.75, 3.05) is 31.9 Å². The molecular formula is C24H42BrN3O4S. The molecule has 190 valence electrons. The Morgan fingerprint density at radius 3 is 2.42 bits per heavy atom. The van der Waals surface area contributed by atoms with E-state index in [1.165, 1.54) is 4.31 Å². The topological polar surface area (TPSA) is 98.7 Å². The molecule has 0 unspecified atom stereocenters. The van der Waals surface area contributed by atoms with E-state index in [1.807, 2.05) is 38.1 Å². The number of carbonyl (C=O) groups excluding carboxylic acids is 1. The molecule has 0 saturated heterocycles. The van der Waals surface area contributed by atoms with Crippen molar-refractivity contribution in [1.82, 2.24) is 14.9 Å². The average molecular weight is 549 g/mol. The number of nitrogens with one attached hydrogen (secondary N) is 2. The minimum atomic E-state index is -3.50. The number of carbonyl (C=O) groups is 1. The standard InChI is InChI=1S/C24H42BrN3O4S/c1-5-13-28(14-6-2)33(31,32)15-11-24(30)27-22(17-20-8-7-9-21(25)16-20)23(29)18-26-12-10-19(3)4/h7-9,16,19,22-23,26,29H,5-6,10-15,17-18H2,1-4H3,(H,27,30)/t22-,23-/m0/s1. The van der Waals surface area contributed by atoms with Crippen LogP contribution in [0.25, 0.3) is 0 Å². The van der Waals surface area contributed by atoms with Gasteiger partial charge in [-0.2, -0.15) is 0 Å². The summed E-state index contributed by atoms with van der Waals surface area (Å²) >= 11 is 3.46. The Morgan fingerprint density at radius 2 is 1.85 bits per heavy atom. The molecule has 0 aromatic heterocycles. The number of sulfonamides is 1. The summed E-state index contributed by atoms with van der Waals surface area (Å²) in [7, 11) is -3.50. The summed E-state index contributed by atoms with van der Waals surface area (Å²) in [4.78, 5) is 12.7. The Bertz CT molecular complexity index is 799. The average Bonchev–Trinajstić information content (AvgIpc) is 2.74. The number of aliphatic hydroxyl groups excluding tert-OH is 1. The summed E-state index contributed by atoms with van der Waals surface area (Å²) in [5, 5.41) is 16.9. The van der Waals surface area contributed by atoms with Crippen LogP contribution in [0.15, 0.2) is 28.7 Å². The van der Waals surface area contributed by atoms with Crippen molar-refractivity contribution < 1.29 is 18.3 Å². The third-order valence-corrected chi connectivity index (χ3v) is 7.70. The molecule has 0 aliphatic rings. The quantitative estimate of drug-likeness (QED) is 0.260. The van der Waals surface area contributed by atoms with E-state index < -0.39 is 22.2 Å². The molecule has 7 nitrogen and oxygen atoms in total. The summed E-state index contributed by atoms with van der Waals surface area (Å²) in [6.45, 7) is 10.2. The fraction of sp³-hybridized carbons (Fsp3) is 0.708. The van der Waals surface area contributed by atoms with Crippen LogP contribution in [0.3, 0.4) is 0 Å². The molecule has 1 aromatic rings. The molecule has 9 heteroatoms. The zero-order valence-electron chi connectivity index (χ0n) is 20.5. The zero-order chi connectivity index (χ0) is 24.9. The third kappa shape index (κ3) is 12.3. The highest BCUT2D eigenvalue weighted by atomic mass is 79.9. The van der Waals surface area contributed by atoms with E-state index in [4.69, 9.17) is 0 Å². The number of halogens is 1. The predicted octanol–water partition coefficient (Wildman–Crippen LogP) is 3.31. The largest absolute Gasteiger partial charge is 0.390 e. The molecule has 1 rings (SSSR count). The van der Waals surface area contributed by atoms with Gasteiger partial charge in [0.1, 0.15) is 0 Å². The van der Waals surface area contributed by atoms with Crippen molar-refractivity contribution in [3.63, 3.8) is 0 Å². The first-order valence-corrected chi connectivity index (χ1v) is 14.4. The molecule has 0 saturated carbocycles. The van der Waals surface area contributed by atoms with Crippen LogP contribution in [-0.2, 0) is 21.2 Å². The number of hydrogen-bond acceptors (Lipinski definition) is 5. The maximum Gasteiger partial charge on any atom is 0.221 e. The van der Waals surface area contributed by atoms with Crippen LogP contribution in [0.4, 0.5) is 0 Å². The van der Waals surface area contributed by atoms with Gasteiger partial charge in [0.25, 0.3) is 0 Å². The molecule has 0 bridgehead atoms. The van der Waals surface area contributed by atoms with Gasteiger partial charge in [0.15, 0.2) is 0 Å². The molecule has 0 fully saturated rings. The molecule has 0 spiro atoms. The van der Waals surface area contributed by atoms with Gasteiger partial charge in [0, 0.05) is 30.5 Å². The van der Waals surface area contributed by atoms with Gasteiger partial charge in [0.2, 0.25) is 15.9 Å². The van der Waals surface area contributed by atoms with Gasteiger partial charge in [-0.25, -0.2) is 12.7 Å². The lowest BCUT2D eigenvalue weighted by Gasteiger charge is -2.25. The first kappa shape index (κ1) is 30.0. The summed E-state index contributed by atoms with van der Waals surface area (Å²) in [5.74, 6) is -0.0352. The monoisotopic (exact) mass is 547 g/mol. The van der Waals surface area contributed by atoms with Gasteiger partial charge < -0.3 is 15.7 Å². The van der Waals surface area contributed by atoms with Crippen molar-refractivity contribution in [3.8, 4) is 0 Å². The fourth-order valence-electron chi connectivity index (χ4n) is 3.50. The first-order valence-electron chi connectivity index (χ1n) is 12.0. The number of nitrogens with zero attached hydrogens (tertiary/aromatic N) is 1. The molecule has 3 N–H and O–H groups in total. The van der Waals surface area contributed by atoms with Crippen LogP contribution in [0, 0.1) is 5.92 Å². The summed E-state index contributed by atoms with van der Waals surface area (Å²) in [6, 6.07) is 7.21. The van der Waals surface area contributed by atoms with E-state index in [-0.39, 0.29) is 18.1 Å². The highest BCUT2D eigenvalue weighted by molar-refractivity contribution is 9.10. The van der Waals surface area contributed by atoms with Gasteiger partial charge in [-0.05, 0) is 55.8 Å². The zero-order valence-corrected chi connectivity index (χ0v) is 22.9. The maximum absolute atomic E-state index is 12.7. The van der Waals surface area contributed by atoms with Gasteiger partial charge in [-0.3, -0.25) is 4.79 Å². The molecule has 0 aliphatic heterocycles. The van der Waals surface area contributed by atoms with Crippen LogP contribution in [0.1, 0.15) is 58.9 Å². The van der Waals surface area contributed by atoms with Crippen LogP contribution in [-0.4, -0.2) is 67.8 Å². The van der Waals surface area contributed by atoms with Crippen molar-refractivity contribution in [2.24, 2.45) is 5.92 Å². The van der Waals surface area contributed by atoms with Crippen LogP contribution in [0.5, 0.6) is 0 Å². The Kier molecular flexibility index (Phi) is 14.4. The third-order valence-electron chi connectivity index (χ3n) is 5.33. The maximum atomic E-state index is 12.7. The van der Waals surface area contributed by atoms with Crippen LogP contribution >= 0.6 is 15.9 Å². The molecule has 1 aromatic carbocycles. The number of aliphatic hydroxyl groups is 1. The lowest BCUT2D eigenvalue weighted by molar-refractivity contribution is -0.122. The van der Waals surface area contributed by atoms with E-state index in [0.717, 1.165) is 35.8 Å². The lowest BCUT2D eigenvalue weighted by Crippen LogP contribution is -2.49. The van der Waals surface area contributed by atoms with Crippen molar-refractivity contribution in [1.29, 1.82) is 0 Å². The Morgan fingerprint density at radius 1 is 1.18 bits per heavy atom. The molecule has 1 amide bonds. The van der Waals surface area contributed by atoms with E-state index in [0.29, 0.717) is 32.0 Å². The second kappa shape index (κ2) is 15.8. The number of benzene rings is 1. The molecule has 2 atom stereocenters. The lowest BCUT2D eigenvalue weighted by atomic mass is 10.0. The van der Waals surface area contributed by atoms with E-state index in [2.05, 4.69) is 40.4 Å². The molecular weight excluding hydrogens is 506 g/mol. The predicted molar refractivity (Wildman–Crippen MR) is 139 cm³/mol. The number of hydrogen-bond donors (Lipinski definition) is 3. The van der Waals surface area contributed by atoms with Gasteiger partial charge in [-0.1, -0.05) is 55.8 Å². The highest BCUT2D eigenvalue weighted by Crippen LogP contribution is 2.15. The second-order valence-corrected chi connectivity index (χ2v) is 11.9. The number of amides is 1. The first-order chi connectivity index (χ1) is 15.6. The molecule has 0 aliphatic carbocycles. The van der Waals surface area contributed by atoms with E-state index >= 15 is 0 Å². The van der Waals surface area contributed by atoms with Crippen molar-refractivity contribution in [3.05, 3.63) is 34.3 Å². The van der Waals surface area contributed by atoms with Gasteiger partial charge in [0.05, 0.1) is 17.9 Å². The SMILES string of the molecule is CCCN(CCC)S(=O)(=O)CCC(=O)N[C@@H](Cc1cccc(Br)c1)[C@@H](O)CNCCC(C)C. The van der Waals surface area contributed by atoms with Crippen molar-refractivity contribution in [2.45, 2.75) is 71.9 Å². The summed E-state index contributed by atoms with van der Waals surface area (Å²) in [6.07, 6.45) is 1.98. The Labute approximate surface area is 208 Å². The van der Waals surface area contributed by atoms with E-state index in [9.17, 15) is 18.3 Å². The summed E-state index contributed by atoms with van der Waals surface area (Å²) < 4.78 is 27.7. The Balaban J connectivity index is 2.78. The van der Waals surface area contributed by atoms with Crippen LogP contribution < -0.4 is 10.6 Å². The normalized spacial score (nSPS) is 13.9. The van der Waals surface area contributed by atoms with Crippen molar-refractivity contribution >= 4 is 31.9 Å². The fourth-order valence-corrected chi connectivity index (χ4v) is 5.57.